The molecule has 1 aliphatic rings. The second kappa shape index (κ2) is 6.47. The standard InChI is InChI=1S/C13H22N2OS/c1-11-12(2)17-9-7-15(11)6-5-14-10-13-4-3-8-16-13/h3-4,8,11-12,14H,5-7,9-10H2,1-2H3. The van der Waals surface area contributed by atoms with Gasteiger partial charge in [-0.25, -0.2) is 0 Å². The van der Waals surface area contributed by atoms with Crippen LogP contribution < -0.4 is 5.32 Å². The zero-order chi connectivity index (χ0) is 12.1. The van der Waals surface area contributed by atoms with Gasteiger partial charge in [-0.05, 0) is 19.1 Å². The molecule has 3 nitrogen and oxygen atoms in total. The average Bonchev–Trinajstić information content (AvgIpc) is 2.83. The van der Waals surface area contributed by atoms with Crippen LogP contribution in [-0.4, -0.2) is 41.6 Å². The van der Waals surface area contributed by atoms with Crippen LogP contribution in [-0.2, 0) is 6.54 Å². The molecule has 4 heteroatoms. The summed E-state index contributed by atoms with van der Waals surface area (Å²) in [5, 5.41) is 4.19. The maximum absolute atomic E-state index is 5.28. The zero-order valence-corrected chi connectivity index (χ0v) is 11.5. The maximum Gasteiger partial charge on any atom is 0.117 e. The van der Waals surface area contributed by atoms with Crippen LogP contribution in [0.5, 0.6) is 0 Å². The third-order valence-electron chi connectivity index (χ3n) is 3.47. The van der Waals surface area contributed by atoms with Crippen LogP contribution in [0.4, 0.5) is 0 Å². The molecule has 0 radical (unpaired) electrons. The van der Waals surface area contributed by atoms with Gasteiger partial charge in [0.2, 0.25) is 0 Å². The topological polar surface area (TPSA) is 28.4 Å². The van der Waals surface area contributed by atoms with E-state index < -0.39 is 0 Å². The molecule has 17 heavy (non-hydrogen) atoms. The lowest BCUT2D eigenvalue weighted by atomic mass is 10.2. The summed E-state index contributed by atoms with van der Waals surface area (Å²) in [6.07, 6.45) is 1.72. The van der Waals surface area contributed by atoms with Crippen LogP contribution >= 0.6 is 11.8 Å². The Hall–Kier alpha value is -0.450. The van der Waals surface area contributed by atoms with E-state index in [0.717, 1.165) is 30.6 Å². The third kappa shape index (κ3) is 3.76. The van der Waals surface area contributed by atoms with E-state index in [-0.39, 0.29) is 0 Å². The molecule has 0 aliphatic carbocycles. The molecular weight excluding hydrogens is 232 g/mol. The van der Waals surface area contributed by atoms with Crippen molar-refractivity contribution in [1.82, 2.24) is 10.2 Å². The molecule has 2 rings (SSSR count). The van der Waals surface area contributed by atoms with E-state index in [1.807, 2.05) is 12.1 Å². The predicted molar refractivity (Wildman–Crippen MR) is 73.4 cm³/mol. The predicted octanol–water partition coefficient (Wildman–Crippen LogP) is 2.20. The zero-order valence-electron chi connectivity index (χ0n) is 10.7. The molecule has 0 amide bonds. The number of thioether (sulfide) groups is 1. The van der Waals surface area contributed by atoms with Gasteiger partial charge in [0, 0.05) is 36.7 Å². The van der Waals surface area contributed by atoms with Crippen LogP contribution in [0.1, 0.15) is 19.6 Å². The molecule has 0 aromatic carbocycles. The van der Waals surface area contributed by atoms with Gasteiger partial charge in [-0.2, -0.15) is 11.8 Å². The molecule has 96 valence electrons. The van der Waals surface area contributed by atoms with Crippen molar-refractivity contribution in [3.05, 3.63) is 24.2 Å². The summed E-state index contributed by atoms with van der Waals surface area (Å²) in [6.45, 7) is 8.88. The highest BCUT2D eigenvalue weighted by atomic mass is 32.2. The summed E-state index contributed by atoms with van der Waals surface area (Å²) >= 11 is 2.09. The fraction of sp³-hybridized carbons (Fsp3) is 0.692. The van der Waals surface area contributed by atoms with Gasteiger partial charge in [-0.15, -0.1) is 0 Å². The van der Waals surface area contributed by atoms with Crippen LogP contribution in [0.3, 0.4) is 0 Å². The first kappa shape index (κ1) is 13.0. The molecule has 1 saturated heterocycles. The van der Waals surface area contributed by atoms with Crippen molar-refractivity contribution in [2.24, 2.45) is 0 Å². The molecular formula is C13H22N2OS. The fourth-order valence-electron chi connectivity index (χ4n) is 2.16. The second-order valence-corrected chi connectivity index (χ2v) is 6.09. The van der Waals surface area contributed by atoms with Gasteiger partial charge in [-0.3, -0.25) is 4.90 Å². The highest BCUT2D eigenvalue weighted by Crippen LogP contribution is 2.23. The lowest BCUT2D eigenvalue weighted by Crippen LogP contribution is -2.47. The van der Waals surface area contributed by atoms with Crippen molar-refractivity contribution in [2.45, 2.75) is 31.7 Å². The number of hydrogen-bond acceptors (Lipinski definition) is 4. The van der Waals surface area contributed by atoms with Gasteiger partial charge < -0.3 is 9.73 Å². The minimum Gasteiger partial charge on any atom is -0.468 e. The Morgan fingerprint density at radius 2 is 2.41 bits per heavy atom. The molecule has 2 heterocycles. The number of furan rings is 1. The molecule has 1 N–H and O–H groups in total. The van der Waals surface area contributed by atoms with E-state index in [9.17, 15) is 0 Å². The largest absolute Gasteiger partial charge is 0.468 e. The highest BCUT2D eigenvalue weighted by Gasteiger charge is 2.24. The summed E-state index contributed by atoms with van der Waals surface area (Å²) in [5.41, 5.74) is 0. The molecule has 1 aromatic rings. The van der Waals surface area contributed by atoms with E-state index in [1.54, 1.807) is 6.26 Å². The Balaban J connectivity index is 1.64. The van der Waals surface area contributed by atoms with Crippen molar-refractivity contribution in [1.29, 1.82) is 0 Å². The lowest BCUT2D eigenvalue weighted by Gasteiger charge is -2.37. The number of nitrogens with one attached hydrogen (secondary N) is 1. The summed E-state index contributed by atoms with van der Waals surface area (Å²) in [5.74, 6) is 2.28. The van der Waals surface area contributed by atoms with Crippen molar-refractivity contribution in [2.75, 3.05) is 25.4 Å². The van der Waals surface area contributed by atoms with E-state index in [0.29, 0.717) is 6.04 Å². The second-order valence-electron chi connectivity index (χ2n) is 4.61. The summed E-state index contributed by atoms with van der Waals surface area (Å²) in [6, 6.07) is 4.64. The van der Waals surface area contributed by atoms with Gasteiger partial charge >= 0.3 is 0 Å². The SMILES string of the molecule is CC1SCCN(CCNCc2ccco2)C1C. The first-order valence-electron chi connectivity index (χ1n) is 6.36. The summed E-state index contributed by atoms with van der Waals surface area (Å²) in [4.78, 5) is 2.58. The first-order valence-corrected chi connectivity index (χ1v) is 7.41. The fourth-order valence-corrected chi connectivity index (χ4v) is 3.32. The monoisotopic (exact) mass is 254 g/mol. The van der Waals surface area contributed by atoms with Crippen LogP contribution in [0, 0.1) is 0 Å². The number of nitrogens with zero attached hydrogens (tertiary/aromatic N) is 1. The lowest BCUT2D eigenvalue weighted by molar-refractivity contribution is 0.213. The normalized spacial score (nSPS) is 26.2. The average molecular weight is 254 g/mol. The molecule has 1 fully saturated rings. The van der Waals surface area contributed by atoms with Gasteiger partial charge in [0.1, 0.15) is 5.76 Å². The van der Waals surface area contributed by atoms with E-state index in [1.165, 1.54) is 12.3 Å². The molecule has 1 aromatic heterocycles. The van der Waals surface area contributed by atoms with Crippen molar-refractivity contribution in [3.8, 4) is 0 Å². The van der Waals surface area contributed by atoms with Gasteiger partial charge in [0.15, 0.2) is 0 Å². The van der Waals surface area contributed by atoms with Crippen molar-refractivity contribution >= 4 is 11.8 Å². The molecule has 0 spiro atoms. The van der Waals surface area contributed by atoms with Gasteiger partial charge in [0.05, 0.1) is 12.8 Å². The Morgan fingerprint density at radius 1 is 1.53 bits per heavy atom. The minimum atomic E-state index is 0.694. The Labute approximate surface area is 108 Å². The quantitative estimate of drug-likeness (QED) is 0.816. The van der Waals surface area contributed by atoms with Crippen LogP contribution in [0.25, 0.3) is 0 Å². The van der Waals surface area contributed by atoms with Crippen LogP contribution in [0.2, 0.25) is 0 Å². The highest BCUT2D eigenvalue weighted by molar-refractivity contribution is 8.00. The molecule has 0 bridgehead atoms. The Morgan fingerprint density at radius 3 is 3.18 bits per heavy atom. The minimum absolute atomic E-state index is 0.694. The smallest absolute Gasteiger partial charge is 0.117 e. The van der Waals surface area contributed by atoms with Crippen LogP contribution in [0.15, 0.2) is 22.8 Å². The Kier molecular flexibility index (Phi) is 4.95. The third-order valence-corrected chi connectivity index (χ3v) is 4.81. The first-order chi connectivity index (χ1) is 8.27. The molecule has 2 unspecified atom stereocenters. The number of hydrogen-bond donors (Lipinski definition) is 1. The summed E-state index contributed by atoms with van der Waals surface area (Å²) < 4.78 is 5.28. The van der Waals surface area contributed by atoms with Crippen molar-refractivity contribution < 1.29 is 4.42 Å². The van der Waals surface area contributed by atoms with E-state index in [4.69, 9.17) is 4.42 Å². The van der Waals surface area contributed by atoms with E-state index >= 15 is 0 Å². The molecule has 2 atom stereocenters. The summed E-state index contributed by atoms with van der Waals surface area (Å²) in [7, 11) is 0. The molecule has 1 aliphatic heterocycles. The van der Waals surface area contributed by atoms with E-state index in [2.05, 4.69) is 35.8 Å². The number of rotatable bonds is 5. The Bertz CT molecular complexity index is 315. The van der Waals surface area contributed by atoms with Crippen molar-refractivity contribution in [3.63, 3.8) is 0 Å². The van der Waals surface area contributed by atoms with Gasteiger partial charge in [0.25, 0.3) is 0 Å². The van der Waals surface area contributed by atoms with Gasteiger partial charge in [-0.1, -0.05) is 6.92 Å². The maximum atomic E-state index is 5.28. The molecule has 0 saturated carbocycles.